The third-order valence-corrected chi connectivity index (χ3v) is 2.85. The minimum Gasteiger partial charge on any atom is -0.493 e. The maximum absolute atomic E-state index is 13.8. The molecule has 1 aromatic rings. The van der Waals surface area contributed by atoms with Gasteiger partial charge in [0.1, 0.15) is 5.56 Å². The molecule has 0 fully saturated rings. The van der Waals surface area contributed by atoms with Crippen LogP contribution in [0.2, 0.25) is 0 Å². The maximum atomic E-state index is 13.8. The van der Waals surface area contributed by atoms with Crippen LogP contribution in [-0.4, -0.2) is 29.3 Å². The van der Waals surface area contributed by atoms with Crippen LogP contribution >= 0.6 is 0 Å². The van der Waals surface area contributed by atoms with Crippen LogP contribution in [0.4, 0.5) is 4.39 Å². The number of hydrogen-bond donors (Lipinski definition) is 2. The zero-order chi connectivity index (χ0) is 14.8. The first kappa shape index (κ1) is 14.9. The van der Waals surface area contributed by atoms with Gasteiger partial charge in [-0.05, 0) is 17.7 Å². The third-order valence-electron chi connectivity index (χ3n) is 2.85. The fourth-order valence-corrected chi connectivity index (χ4v) is 1.83. The van der Waals surface area contributed by atoms with Gasteiger partial charge in [-0.1, -0.05) is 13.8 Å². The van der Waals surface area contributed by atoms with E-state index in [9.17, 15) is 14.0 Å². The maximum Gasteiger partial charge on any atom is 0.339 e. The molecule has 0 saturated carbocycles. The molecule has 0 bridgehead atoms. The highest BCUT2D eigenvalue weighted by Crippen LogP contribution is 2.33. The molecule has 2 N–H and O–H groups in total. The number of ether oxygens (including phenoxy) is 1. The van der Waals surface area contributed by atoms with Crippen molar-refractivity contribution in [1.82, 2.24) is 0 Å². The lowest BCUT2D eigenvalue weighted by Gasteiger charge is -2.24. The molecule has 0 aliphatic rings. The monoisotopic (exact) mass is 270 g/mol. The summed E-state index contributed by atoms with van der Waals surface area (Å²) in [5.41, 5.74) is -0.912. The zero-order valence-electron chi connectivity index (χ0n) is 10.9. The average Bonchev–Trinajstić information content (AvgIpc) is 2.25. The third kappa shape index (κ3) is 3.21. The Kier molecular flexibility index (Phi) is 4.14. The second kappa shape index (κ2) is 5.26. The van der Waals surface area contributed by atoms with Gasteiger partial charge >= 0.3 is 11.9 Å². The summed E-state index contributed by atoms with van der Waals surface area (Å²) in [7, 11) is 1.17. The second-order valence-electron chi connectivity index (χ2n) is 4.80. The SMILES string of the molecule is COc1c(F)cc(C(C)(C)CC(=O)O)cc1C(=O)O. The summed E-state index contributed by atoms with van der Waals surface area (Å²) in [5, 5.41) is 17.9. The minimum atomic E-state index is -1.33. The topological polar surface area (TPSA) is 83.8 Å². The van der Waals surface area contributed by atoms with Crippen LogP contribution in [0.3, 0.4) is 0 Å². The van der Waals surface area contributed by atoms with E-state index in [-0.39, 0.29) is 17.7 Å². The van der Waals surface area contributed by atoms with Gasteiger partial charge in [-0.25, -0.2) is 9.18 Å². The average molecular weight is 270 g/mol. The van der Waals surface area contributed by atoms with E-state index in [4.69, 9.17) is 14.9 Å². The Hall–Kier alpha value is -2.11. The van der Waals surface area contributed by atoms with Crippen molar-refractivity contribution in [2.45, 2.75) is 25.7 Å². The van der Waals surface area contributed by atoms with Crippen molar-refractivity contribution in [1.29, 1.82) is 0 Å². The molecule has 0 aliphatic carbocycles. The van der Waals surface area contributed by atoms with Crippen molar-refractivity contribution >= 4 is 11.9 Å². The predicted octanol–water partition coefficient (Wildman–Crippen LogP) is 2.28. The molecule has 5 nitrogen and oxygen atoms in total. The van der Waals surface area contributed by atoms with Crippen LogP contribution in [0.5, 0.6) is 5.75 Å². The van der Waals surface area contributed by atoms with Gasteiger partial charge in [-0.3, -0.25) is 4.79 Å². The van der Waals surface area contributed by atoms with Crippen molar-refractivity contribution < 1.29 is 28.9 Å². The number of carbonyl (C=O) groups is 2. The van der Waals surface area contributed by atoms with E-state index in [1.807, 2.05) is 0 Å². The lowest BCUT2D eigenvalue weighted by atomic mass is 9.81. The van der Waals surface area contributed by atoms with Crippen LogP contribution in [0.15, 0.2) is 12.1 Å². The Labute approximate surface area is 109 Å². The zero-order valence-corrected chi connectivity index (χ0v) is 10.9. The number of carboxylic acids is 2. The Bertz CT molecular complexity index is 522. The van der Waals surface area contributed by atoms with E-state index in [1.165, 1.54) is 13.2 Å². The van der Waals surface area contributed by atoms with Gasteiger partial charge in [0.15, 0.2) is 11.6 Å². The van der Waals surface area contributed by atoms with Crippen molar-refractivity contribution in [2.24, 2.45) is 0 Å². The summed E-state index contributed by atoms with van der Waals surface area (Å²) < 4.78 is 18.5. The van der Waals surface area contributed by atoms with Gasteiger partial charge in [0.2, 0.25) is 0 Å². The number of aliphatic carboxylic acids is 1. The van der Waals surface area contributed by atoms with Crippen molar-refractivity contribution in [3.05, 3.63) is 29.1 Å². The molecule has 1 rings (SSSR count). The van der Waals surface area contributed by atoms with E-state index in [2.05, 4.69) is 0 Å². The Morgan fingerprint density at radius 2 is 1.89 bits per heavy atom. The molecule has 0 radical (unpaired) electrons. The Morgan fingerprint density at radius 3 is 2.32 bits per heavy atom. The Morgan fingerprint density at radius 1 is 1.32 bits per heavy atom. The summed E-state index contributed by atoms with van der Waals surface area (Å²) in [6, 6.07) is 2.35. The first-order valence-electron chi connectivity index (χ1n) is 5.52. The molecule has 0 aliphatic heterocycles. The summed E-state index contributed by atoms with van der Waals surface area (Å²) in [5.74, 6) is -3.56. The van der Waals surface area contributed by atoms with Gasteiger partial charge in [0.05, 0.1) is 13.5 Å². The standard InChI is InChI=1S/C13H15FO5/c1-13(2,6-10(15)16)7-4-8(12(17)18)11(19-3)9(14)5-7/h4-5H,6H2,1-3H3,(H,15,16)(H,17,18). The molecule has 0 aromatic heterocycles. The highest BCUT2D eigenvalue weighted by Gasteiger charge is 2.28. The predicted molar refractivity (Wildman–Crippen MR) is 65.2 cm³/mol. The first-order valence-corrected chi connectivity index (χ1v) is 5.52. The van der Waals surface area contributed by atoms with Crippen LogP contribution in [-0.2, 0) is 10.2 Å². The summed E-state index contributed by atoms with van der Waals surface area (Å²) in [4.78, 5) is 21.9. The number of aromatic carboxylic acids is 1. The number of carboxylic acid groups (broad SMARTS) is 2. The molecule has 0 atom stereocenters. The number of rotatable bonds is 5. The van der Waals surface area contributed by atoms with Crippen molar-refractivity contribution in [3.63, 3.8) is 0 Å². The molecule has 0 unspecified atom stereocenters. The lowest BCUT2D eigenvalue weighted by molar-refractivity contribution is -0.138. The largest absolute Gasteiger partial charge is 0.493 e. The van der Waals surface area contributed by atoms with Crippen LogP contribution in [0.1, 0.15) is 36.2 Å². The molecule has 0 spiro atoms. The molecular formula is C13H15FO5. The fourth-order valence-electron chi connectivity index (χ4n) is 1.83. The smallest absolute Gasteiger partial charge is 0.339 e. The second-order valence-corrected chi connectivity index (χ2v) is 4.80. The molecule has 1 aromatic carbocycles. The minimum absolute atomic E-state index is 0.238. The van der Waals surface area contributed by atoms with Crippen LogP contribution in [0, 0.1) is 5.82 Å². The number of halogens is 1. The number of hydrogen-bond acceptors (Lipinski definition) is 3. The molecule has 0 heterocycles. The quantitative estimate of drug-likeness (QED) is 0.857. The van der Waals surface area contributed by atoms with Crippen molar-refractivity contribution in [2.75, 3.05) is 7.11 Å². The van der Waals surface area contributed by atoms with Gasteiger partial charge < -0.3 is 14.9 Å². The molecule has 6 heteroatoms. The molecule has 0 amide bonds. The van der Waals surface area contributed by atoms with Crippen LogP contribution in [0.25, 0.3) is 0 Å². The van der Waals surface area contributed by atoms with E-state index in [0.717, 1.165) is 6.07 Å². The highest BCUT2D eigenvalue weighted by atomic mass is 19.1. The Balaban J connectivity index is 3.39. The van der Waals surface area contributed by atoms with E-state index in [0.29, 0.717) is 5.56 Å². The lowest BCUT2D eigenvalue weighted by Crippen LogP contribution is -2.22. The molecule has 0 saturated heterocycles. The summed E-state index contributed by atoms with van der Waals surface area (Å²) in [6.45, 7) is 3.21. The van der Waals surface area contributed by atoms with E-state index < -0.39 is 23.2 Å². The van der Waals surface area contributed by atoms with E-state index >= 15 is 0 Å². The molecular weight excluding hydrogens is 255 g/mol. The normalized spacial score (nSPS) is 11.2. The summed E-state index contributed by atoms with van der Waals surface area (Å²) in [6.07, 6.45) is -0.238. The van der Waals surface area contributed by atoms with Crippen molar-refractivity contribution in [3.8, 4) is 5.75 Å². The van der Waals surface area contributed by atoms with Gasteiger partial charge in [0, 0.05) is 5.41 Å². The molecule has 104 valence electrons. The summed E-state index contributed by atoms with van der Waals surface area (Å²) >= 11 is 0. The number of benzene rings is 1. The fraction of sp³-hybridized carbons (Fsp3) is 0.385. The van der Waals surface area contributed by atoms with Gasteiger partial charge in [-0.15, -0.1) is 0 Å². The number of methoxy groups -OCH3 is 1. The van der Waals surface area contributed by atoms with Gasteiger partial charge in [0.25, 0.3) is 0 Å². The first-order chi connectivity index (χ1) is 8.69. The highest BCUT2D eigenvalue weighted by molar-refractivity contribution is 5.91. The molecule has 19 heavy (non-hydrogen) atoms. The van der Waals surface area contributed by atoms with Gasteiger partial charge in [-0.2, -0.15) is 0 Å². The van der Waals surface area contributed by atoms with E-state index in [1.54, 1.807) is 13.8 Å². The van der Waals surface area contributed by atoms with Crippen LogP contribution < -0.4 is 4.74 Å².